The summed E-state index contributed by atoms with van der Waals surface area (Å²) in [6, 6.07) is 14.0. The van der Waals surface area contributed by atoms with E-state index in [1.165, 1.54) is 0 Å². The van der Waals surface area contributed by atoms with E-state index in [4.69, 9.17) is 15.2 Å². The number of nitrogens with zero attached hydrogens (tertiary/aromatic N) is 1. The molecule has 0 unspecified atom stereocenters. The number of H-pyrrole nitrogens is 1. The van der Waals surface area contributed by atoms with Gasteiger partial charge in [0.2, 0.25) is 0 Å². The lowest BCUT2D eigenvalue weighted by Crippen LogP contribution is -2.02. The molecule has 0 bridgehead atoms. The Kier molecular flexibility index (Phi) is 4.30. The van der Waals surface area contributed by atoms with Crippen molar-refractivity contribution in [3.63, 3.8) is 0 Å². The molecule has 0 atom stereocenters. The monoisotopic (exact) mass is 309 g/mol. The Morgan fingerprint density at radius 2 is 1.83 bits per heavy atom. The average molecular weight is 309 g/mol. The molecule has 23 heavy (non-hydrogen) atoms. The van der Waals surface area contributed by atoms with Gasteiger partial charge in [-0.2, -0.15) is 5.10 Å². The number of nitrogens with two attached hydrogens (primary N) is 1. The van der Waals surface area contributed by atoms with E-state index < -0.39 is 0 Å². The first kappa shape index (κ1) is 15.1. The maximum Gasteiger partial charge on any atom is 0.165 e. The minimum absolute atomic E-state index is 0.367. The van der Waals surface area contributed by atoms with E-state index in [2.05, 4.69) is 10.2 Å². The van der Waals surface area contributed by atoms with Crippen LogP contribution < -0.4 is 15.2 Å². The molecule has 1 aromatic heterocycles. The van der Waals surface area contributed by atoms with Crippen molar-refractivity contribution in [2.24, 2.45) is 5.73 Å². The fourth-order valence-corrected chi connectivity index (χ4v) is 2.68. The number of aromatic amines is 1. The van der Waals surface area contributed by atoms with Crippen molar-refractivity contribution >= 4 is 0 Å². The van der Waals surface area contributed by atoms with Gasteiger partial charge in [-0.1, -0.05) is 30.3 Å². The van der Waals surface area contributed by atoms with Crippen LogP contribution in [0.3, 0.4) is 0 Å². The number of aromatic nitrogens is 2. The zero-order valence-electron chi connectivity index (χ0n) is 13.2. The minimum atomic E-state index is 0.367. The van der Waals surface area contributed by atoms with E-state index in [0.717, 1.165) is 27.9 Å². The van der Waals surface area contributed by atoms with Gasteiger partial charge in [-0.3, -0.25) is 5.10 Å². The summed E-state index contributed by atoms with van der Waals surface area (Å²) in [5.41, 5.74) is 10.8. The van der Waals surface area contributed by atoms with Gasteiger partial charge in [-0.25, -0.2) is 0 Å². The van der Waals surface area contributed by atoms with Gasteiger partial charge < -0.3 is 15.2 Å². The van der Waals surface area contributed by atoms with Crippen molar-refractivity contribution in [2.75, 3.05) is 14.2 Å². The first-order valence-corrected chi connectivity index (χ1v) is 7.32. The van der Waals surface area contributed by atoms with Crippen molar-refractivity contribution in [3.05, 3.63) is 54.2 Å². The summed E-state index contributed by atoms with van der Waals surface area (Å²) >= 11 is 0. The van der Waals surface area contributed by atoms with E-state index in [1.807, 2.05) is 48.7 Å². The standard InChI is InChI=1S/C18H19N3O2/c1-22-16-9-13(8-14(10-19)18(16)23-2)15-11-20-21-17(15)12-6-4-3-5-7-12/h3-9,11H,10,19H2,1-2H3,(H,20,21). The highest BCUT2D eigenvalue weighted by atomic mass is 16.5. The smallest absolute Gasteiger partial charge is 0.165 e. The van der Waals surface area contributed by atoms with Crippen molar-refractivity contribution in [2.45, 2.75) is 6.54 Å². The number of ether oxygens (including phenoxy) is 2. The summed E-state index contributed by atoms with van der Waals surface area (Å²) in [7, 11) is 3.24. The third-order valence-electron chi connectivity index (χ3n) is 3.79. The maximum absolute atomic E-state index is 5.86. The summed E-state index contributed by atoms with van der Waals surface area (Å²) in [5, 5.41) is 7.27. The zero-order chi connectivity index (χ0) is 16.2. The summed E-state index contributed by atoms with van der Waals surface area (Å²) in [4.78, 5) is 0. The zero-order valence-corrected chi connectivity index (χ0v) is 13.2. The first-order chi connectivity index (χ1) is 11.3. The van der Waals surface area contributed by atoms with E-state index in [9.17, 15) is 0 Å². The Hall–Kier alpha value is -2.79. The van der Waals surface area contributed by atoms with Crippen LogP contribution in [0.15, 0.2) is 48.7 Å². The van der Waals surface area contributed by atoms with Crippen LogP contribution >= 0.6 is 0 Å². The van der Waals surface area contributed by atoms with Crippen molar-refractivity contribution in [3.8, 4) is 33.9 Å². The lowest BCUT2D eigenvalue weighted by molar-refractivity contribution is 0.352. The van der Waals surface area contributed by atoms with Gasteiger partial charge in [0.25, 0.3) is 0 Å². The molecule has 5 heteroatoms. The molecule has 118 valence electrons. The van der Waals surface area contributed by atoms with Crippen molar-refractivity contribution < 1.29 is 9.47 Å². The Morgan fingerprint density at radius 3 is 2.48 bits per heavy atom. The van der Waals surface area contributed by atoms with Gasteiger partial charge in [0.1, 0.15) is 0 Å². The SMILES string of the molecule is COc1cc(-c2cn[nH]c2-c2ccccc2)cc(CN)c1OC. The van der Waals surface area contributed by atoms with Crippen molar-refractivity contribution in [1.82, 2.24) is 10.2 Å². The molecule has 0 saturated heterocycles. The van der Waals surface area contributed by atoms with E-state index >= 15 is 0 Å². The molecule has 3 N–H and O–H groups in total. The largest absolute Gasteiger partial charge is 0.493 e. The number of rotatable bonds is 5. The van der Waals surface area contributed by atoms with Gasteiger partial charge in [-0.15, -0.1) is 0 Å². The molecule has 0 aliphatic carbocycles. The molecular formula is C18H19N3O2. The van der Waals surface area contributed by atoms with Gasteiger partial charge in [-0.05, 0) is 17.7 Å². The van der Waals surface area contributed by atoms with Gasteiger partial charge in [0, 0.05) is 23.2 Å². The molecule has 0 aliphatic heterocycles. The number of hydrogen-bond acceptors (Lipinski definition) is 4. The van der Waals surface area contributed by atoms with Gasteiger partial charge in [0.15, 0.2) is 11.5 Å². The third-order valence-corrected chi connectivity index (χ3v) is 3.79. The maximum atomic E-state index is 5.86. The molecule has 0 spiro atoms. The highest BCUT2D eigenvalue weighted by Crippen LogP contribution is 2.38. The molecule has 0 aliphatic rings. The molecule has 0 radical (unpaired) electrons. The molecule has 3 rings (SSSR count). The molecular weight excluding hydrogens is 290 g/mol. The lowest BCUT2D eigenvalue weighted by atomic mass is 9.99. The van der Waals surface area contributed by atoms with Crippen molar-refractivity contribution in [1.29, 1.82) is 0 Å². The Bertz CT molecular complexity index is 772. The van der Waals surface area contributed by atoms with Crippen LogP contribution in [0.5, 0.6) is 11.5 Å². The molecule has 0 amide bonds. The normalized spacial score (nSPS) is 10.6. The Balaban J connectivity index is 2.15. The van der Waals surface area contributed by atoms with E-state index in [0.29, 0.717) is 18.0 Å². The minimum Gasteiger partial charge on any atom is -0.493 e. The summed E-state index contributed by atoms with van der Waals surface area (Å²) in [6.45, 7) is 0.367. The van der Waals surface area contributed by atoms with Crippen LogP contribution in [-0.4, -0.2) is 24.4 Å². The molecule has 2 aromatic carbocycles. The summed E-state index contributed by atoms with van der Waals surface area (Å²) in [5.74, 6) is 1.33. The van der Waals surface area contributed by atoms with Crippen LogP contribution in [-0.2, 0) is 6.54 Å². The third kappa shape index (κ3) is 2.78. The summed E-state index contributed by atoms with van der Waals surface area (Å²) < 4.78 is 10.9. The molecule has 1 heterocycles. The fourth-order valence-electron chi connectivity index (χ4n) is 2.68. The molecule has 5 nitrogen and oxygen atoms in total. The highest BCUT2D eigenvalue weighted by molar-refractivity contribution is 5.82. The predicted octanol–water partition coefficient (Wildman–Crippen LogP) is 3.22. The molecule has 3 aromatic rings. The second-order valence-corrected chi connectivity index (χ2v) is 5.10. The van der Waals surface area contributed by atoms with Gasteiger partial charge in [0.05, 0.1) is 26.1 Å². The lowest BCUT2D eigenvalue weighted by Gasteiger charge is -2.14. The van der Waals surface area contributed by atoms with Crippen LogP contribution in [0, 0.1) is 0 Å². The number of benzene rings is 2. The van der Waals surface area contributed by atoms with Crippen LogP contribution in [0.25, 0.3) is 22.4 Å². The van der Waals surface area contributed by atoms with Crippen LogP contribution in [0.4, 0.5) is 0 Å². The van der Waals surface area contributed by atoms with Gasteiger partial charge >= 0.3 is 0 Å². The molecule has 0 fully saturated rings. The fraction of sp³-hybridized carbons (Fsp3) is 0.167. The number of hydrogen-bond donors (Lipinski definition) is 2. The van der Waals surface area contributed by atoms with Crippen LogP contribution in [0.2, 0.25) is 0 Å². The second kappa shape index (κ2) is 6.54. The van der Waals surface area contributed by atoms with E-state index in [-0.39, 0.29) is 0 Å². The number of methoxy groups -OCH3 is 2. The van der Waals surface area contributed by atoms with Crippen LogP contribution in [0.1, 0.15) is 5.56 Å². The second-order valence-electron chi connectivity index (χ2n) is 5.10. The molecule has 0 saturated carbocycles. The number of nitrogens with one attached hydrogen (secondary N) is 1. The summed E-state index contributed by atoms with van der Waals surface area (Å²) in [6.07, 6.45) is 1.81. The first-order valence-electron chi connectivity index (χ1n) is 7.32. The Morgan fingerprint density at radius 1 is 1.04 bits per heavy atom. The Labute approximate surface area is 135 Å². The highest BCUT2D eigenvalue weighted by Gasteiger charge is 2.16. The van der Waals surface area contributed by atoms with E-state index in [1.54, 1.807) is 14.2 Å². The predicted molar refractivity (Wildman–Crippen MR) is 90.5 cm³/mol. The quantitative estimate of drug-likeness (QED) is 0.759. The topological polar surface area (TPSA) is 73.2 Å². The average Bonchev–Trinajstić information content (AvgIpc) is 3.10.